The summed E-state index contributed by atoms with van der Waals surface area (Å²) in [6.45, 7) is 2.87. The molecule has 0 aliphatic carbocycles. The van der Waals surface area contributed by atoms with Crippen molar-refractivity contribution in [2.45, 2.75) is 20.0 Å². The van der Waals surface area contributed by atoms with Crippen molar-refractivity contribution in [1.29, 1.82) is 0 Å². The maximum atomic E-state index is 13.1. The highest BCUT2D eigenvalue weighted by Crippen LogP contribution is 2.35. The van der Waals surface area contributed by atoms with E-state index >= 15 is 0 Å². The summed E-state index contributed by atoms with van der Waals surface area (Å²) in [5.74, 6) is 0.545. The Labute approximate surface area is 201 Å². The van der Waals surface area contributed by atoms with Crippen molar-refractivity contribution in [2.75, 3.05) is 6.54 Å². The van der Waals surface area contributed by atoms with Crippen LogP contribution < -0.4 is 4.74 Å². The van der Waals surface area contributed by atoms with Crippen LogP contribution in [0.2, 0.25) is 0 Å². The van der Waals surface area contributed by atoms with Gasteiger partial charge in [-0.25, -0.2) is 4.99 Å². The molecule has 3 aromatic rings. The number of hydrogen-bond acceptors (Lipinski definition) is 6. The third-order valence-electron chi connectivity index (χ3n) is 5.06. The third-order valence-corrected chi connectivity index (χ3v) is 6.07. The second-order valence-corrected chi connectivity index (χ2v) is 8.56. The lowest BCUT2D eigenvalue weighted by Gasteiger charge is -2.14. The first-order chi connectivity index (χ1) is 16.5. The van der Waals surface area contributed by atoms with Crippen LogP contribution in [0.15, 0.2) is 88.8 Å². The third kappa shape index (κ3) is 5.52. The number of rotatable bonds is 8. The fourth-order valence-corrected chi connectivity index (χ4v) is 4.39. The summed E-state index contributed by atoms with van der Waals surface area (Å²) in [5, 5.41) is 11.5. The summed E-state index contributed by atoms with van der Waals surface area (Å²) in [6.07, 6.45) is 2.65. The summed E-state index contributed by atoms with van der Waals surface area (Å²) in [6, 6.07) is 23.3. The lowest BCUT2D eigenvalue weighted by molar-refractivity contribution is -0.384. The first kappa shape index (κ1) is 23.3. The molecule has 0 atom stereocenters. The summed E-state index contributed by atoms with van der Waals surface area (Å²) in [5.41, 5.74) is 2.42. The SMILES string of the molecule is CCCN1C(=O)/C(=C\c2ccccc2OCc2ccc([N+](=O)[O-])cc2)SC1=Nc1ccccc1. The average Bonchev–Trinajstić information content (AvgIpc) is 3.13. The molecule has 8 heteroatoms. The van der Waals surface area contributed by atoms with Crippen molar-refractivity contribution in [1.82, 2.24) is 4.90 Å². The number of amidine groups is 1. The van der Waals surface area contributed by atoms with E-state index in [9.17, 15) is 14.9 Å². The molecule has 3 aromatic carbocycles. The molecule has 1 aliphatic rings. The van der Waals surface area contributed by atoms with Crippen molar-refractivity contribution < 1.29 is 14.5 Å². The zero-order chi connectivity index (χ0) is 23.9. The van der Waals surface area contributed by atoms with Gasteiger partial charge >= 0.3 is 0 Å². The predicted molar refractivity (Wildman–Crippen MR) is 135 cm³/mol. The summed E-state index contributed by atoms with van der Waals surface area (Å²) in [7, 11) is 0. The van der Waals surface area contributed by atoms with Gasteiger partial charge in [0.15, 0.2) is 5.17 Å². The second kappa shape index (κ2) is 10.8. The summed E-state index contributed by atoms with van der Waals surface area (Å²) in [4.78, 5) is 30.5. The Morgan fingerprint density at radius 3 is 2.44 bits per heavy atom. The number of nitro groups is 1. The molecule has 1 fully saturated rings. The van der Waals surface area contributed by atoms with E-state index in [0.717, 1.165) is 23.2 Å². The minimum Gasteiger partial charge on any atom is -0.488 e. The molecule has 34 heavy (non-hydrogen) atoms. The van der Waals surface area contributed by atoms with Crippen LogP contribution >= 0.6 is 11.8 Å². The summed E-state index contributed by atoms with van der Waals surface area (Å²) >= 11 is 1.35. The highest BCUT2D eigenvalue weighted by molar-refractivity contribution is 8.18. The van der Waals surface area contributed by atoms with Gasteiger partial charge in [-0.05, 0) is 60.2 Å². The number of non-ortho nitro benzene ring substituents is 1. The number of benzene rings is 3. The number of nitro benzene ring substituents is 1. The molecule has 172 valence electrons. The maximum absolute atomic E-state index is 13.1. The van der Waals surface area contributed by atoms with E-state index in [4.69, 9.17) is 4.74 Å². The van der Waals surface area contributed by atoms with Gasteiger partial charge in [0.25, 0.3) is 11.6 Å². The van der Waals surface area contributed by atoms with E-state index < -0.39 is 4.92 Å². The van der Waals surface area contributed by atoms with Crippen LogP contribution in [0.1, 0.15) is 24.5 Å². The number of nitrogens with zero attached hydrogens (tertiary/aromatic N) is 3. The number of amides is 1. The predicted octanol–water partition coefficient (Wildman–Crippen LogP) is 6.19. The van der Waals surface area contributed by atoms with Crippen LogP contribution in [0, 0.1) is 10.1 Å². The minimum atomic E-state index is -0.431. The highest BCUT2D eigenvalue weighted by Gasteiger charge is 2.33. The number of carbonyl (C=O) groups excluding carboxylic acids is 1. The van der Waals surface area contributed by atoms with Gasteiger partial charge < -0.3 is 4.74 Å². The minimum absolute atomic E-state index is 0.0373. The molecular weight excluding hydrogens is 450 g/mol. The number of para-hydroxylation sites is 2. The van der Waals surface area contributed by atoms with Crippen molar-refractivity contribution >= 4 is 40.3 Å². The number of hydrogen-bond donors (Lipinski definition) is 0. The summed E-state index contributed by atoms with van der Waals surface area (Å²) < 4.78 is 5.99. The molecule has 4 rings (SSSR count). The van der Waals surface area contributed by atoms with E-state index in [-0.39, 0.29) is 18.2 Å². The lowest BCUT2D eigenvalue weighted by Crippen LogP contribution is -2.29. The Bertz CT molecular complexity index is 1240. The molecule has 1 aliphatic heterocycles. The molecule has 0 radical (unpaired) electrons. The Kier molecular flexibility index (Phi) is 7.39. The first-order valence-electron chi connectivity index (χ1n) is 10.9. The lowest BCUT2D eigenvalue weighted by atomic mass is 10.1. The fourth-order valence-electron chi connectivity index (χ4n) is 3.37. The van der Waals surface area contributed by atoms with E-state index in [0.29, 0.717) is 22.4 Å². The zero-order valence-electron chi connectivity index (χ0n) is 18.6. The molecule has 1 saturated heterocycles. The van der Waals surface area contributed by atoms with Gasteiger partial charge in [-0.3, -0.25) is 19.8 Å². The normalized spacial score (nSPS) is 15.8. The van der Waals surface area contributed by atoms with E-state index in [1.165, 1.54) is 23.9 Å². The molecular formula is C26H23N3O4S. The molecule has 0 aromatic heterocycles. The van der Waals surface area contributed by atoms with Crippen LogP contribution in [0.25, 0.3) is 6.08 Å². The Morgan fingerprint density at radius 2 is 1.74 bits per heavy atom. The molecule has 0 spiro atoms. The smallest absolute Gasteiger partial charge is 0.269 e. The fraction of sp³-hybridized carbons (Fsp3) is 0.154. The molecule has 1 heterocycles. The van der Waals surface area contributed by atoms with Gasteiger partial charge in [0, 0.05) is 24.2 Å². The van der Waals surface area contributed by atoms with Gasteiger partial charge in [0.2, 0.25) is 0 Å². The molecule has 0 unspecified atom stereocenters. The molecule has 0 bridgehead atoms. The van der Waals surface area contributed by atoms with Gasteiger partial charge in [-0.15, -0.1) is 0 Å². The monoisotopic (exact) mass is 473 g/mol. The standard InChI is InChI=1S/C26H23N3O4S/c1-2-16-28-25(30)24(34-26(28)27-21-9-4-3-5-10-21)17-20-8-6-7-11-23(20)33-18-19-12-14-22(15-13-19)29(31)32/h3-15,17H,2,16,18H2,1H3/b24-17+,27-26?. The van der Waals surface area contributed by atoms with Crippen molar-refractivity contribution in [3.8, 4) is 5.75 Å². The van der Waals surface area contributed by atoms with Gasteiger partial charge in [0.05, 0.1) is 15.5 Å². The second-order valence-electron chi connectivity index (χ2n) is 7.55. The van der Waals surface area contributed by atoms with Crippen molar-refractivity contribution in [2.24, 2.45) is 4.99 Å². The largest absolute Gasteiger partial charge is 0.488 e. The van der Waals surface area contributed by atoms with E-state index in [1.807, 2.05) is 67.6 Å². The molecule has 1 amide bonds. The Balaban J connectivity index is 1.56. The first-order valence-corrected chi connectivity index (χ1v) is 11.7. The molecule has 0 N–H and O–H groups in total. The van der Waals surface area contributed by atoms with Crippen LogP contribution in [-0.2, 0) is 11.4 Å². The van der Waals surface area contributed by atoms with Crippen LogP contribution in [-0.4, -0.2) is 27.4 Å². The number of aliphatic imine (C=N–C) groups is 1. The van der Waals surface area contributed by atoms with Crippen molar-refractivity contribution in [3.63, 3.8) is 0 Å². The van der Waals surface area contributed by atoms with Gasteiger partial charge in [-0.1, -0.05) is 43.3 Å². The maximum Gasteiger partial charge on any atom is 0.269 e. The average molecular weight is 474 g/mol. The van der Waals surface area contributed by atoms with Gasteiger partial charge in [0.1, 0.15) is 12.4 Å². The Morgan fingerprint density at radius 1 is 1.03 bits per heavy atom. The van der Waals surface area contributed by atoms with Crippen LogP contribution in [0.5, 0.6) is 5.75 Å². The van der Waals surface area contributed by atoms with Crippen LogP contribution in [0.4, 0.5) is 11.4 Å². The number of carbonyl (C=O) groups is 1. The van der Waals surface area contributed by atoms with E-state index in [2.05, 4.69) is 4.99 Å². The van der Waals surface area contributed by atoms with Gasteiger partial charge in [-0.2, -0.15) is 0 Å². The zero-order valence-corrected chi connectivity index (χ0v) is 19.4. The van der Waals surface area contributed by atoms with E-state index in [1.54, 1.807) is 17.0 Å². The number of thioether (sulfide) groups is 1. The molecule has 7 nitrogen and oxygen atoms in total. The molecule has 0 saturated carbocycles. The topological polar surface area (TPSA) is 85.0 Å². The Hall–Kier alpha value is -3.91. The number of ether oxygens (including phenoxy) is 1. The quantitative estimate of drug-likeness (QED) is 0.221. The van der Waals surface area contributed by atoms with Crippen LogP contribution in [0.3, 0.4) is 0 Å². The van der Waals surface area contributed by atoms with Crippen molar-refractivity contribution in [3.05, 3.63) is 105 Å². The highest BCUT2D eigenvalue weighted by atomic mass is 32.2.